The minimum absolute atomic E-state index is 0.431. The number of anilines is 1. The number of carboxylic acids is 1. The van der Waals surface area contributed by atoms with Crippen molar-refractivity contribution in [1.82, 2.24) is 0 Å². The van der Waals surface area contributed by atoms with Crippen LogP contribution in [0.15, 0.2) is 24.3 Å². The van der Waals surface area contributed by atoms with Crippen LogP contribution in [0.3, 0.4) is 0 Å². The van der Waals surface area contributed by atoms with E-state index < -0.39 is 17.7 Å². The fraction of sp³-hybridized carbons (Fsp3) is 0.412. The number of hydrogen-bond acceptors (Lipinski definition) is 4. The molecule has 0 atom stereocenters. The number of carboxylic acid groups (broad SMARTS) is 1. The van der Waals surface area contributed by atoms with Crippen molar-refractivity contribution in [2.24, 2.45) is 0 Å². The Bertz CT molecular complexity index is 587. The predicted molar refractivity (Wildman–Crippen MR) is 88.8 cm³/mol. The average Bonchev–Trinajstić information content (AvgIpc) is 2.42. The van der Waals surface area contributed by atoms with Crippen LogP contribution in [0.2, 0.25) is 0 Å². The molecule has 0 aliphatic rings. The summed E-state index contributed by atoms with van der Waals surface area (Å²) in [7, 11) is 0. The molecule has 126 valence electrons. The van der Waals surface area contributed by atoms with Crippen LogP contribution in [0.25, 0.3) is 6.08 Å². The molecule has 0 aliphatic carbocycles. The number of ether oxygens (including phenoxy) is 2. The molecule has 1 aromatic rings. The fourth-order valence-corrected chi connectivity index (χ4v) is 1.67. The molecule has 0 spiro atoms. The van der Waals surface area contributed by atoms with Gasteiger partial charge in [0.25, 0.3) is 0 Å². The number of aliphatic carboxylic acids is 1. The lowest BCUT2D eigenvalue weighted by Crippen LogP contribution is -2.27. The third kappa shape index (κ3) is 7.35. The highest BCUT2D eigenvalue weighted by atomic mass is 16.6. The maximum absolute atomic E-state index is 11.9. The molecule has 0 fully saturated rings. The molecule has 6 heteroatoms. The summed E-state index contributed by atoms with van der Waals surface area (Å²) >= 11 is 0. The van der Waals surface area contributed by atoms with E-state index in [1.54, 1.807) is 39.0 Å². The van der Waals surface area contributed by atoms with Crippen molar-refractivity contribution >= 4 is 23.8 Å². The fourth-order valence-electron chi connectivity index (χ4n) is 1.67. The standard InChI is InChI=1S/C17H23NO5/c1-5-10-22-14-8-6-12(7-9-15(19)20)11-13(14)18-16(21)23-17(2,3)4/h6-9,11H,5,10H2,1-4H3,(H,18,21)(H,19,20)/b9-7-. The van der Waals surface area contributed by atoms with Crippen LogP contribution >= 0.6 is 0 Å². The van der Waals surface area contributed by atoms with Crippen molar-refractivity contribution in [2.45, 2.75) is 39.7 Å². The Kier molecular flexibility index (Phi) is 6.63. The second-order valence-electron chi connectivity index (χ2n) is 5.90. The lowest BCUT2D eigenvalue weighted by molar-refractivity contribution is -0.131. The van der Waals surface area contributed by atoms with Gasteiger partial charge in [0.2, 0.25) is 0 Å². The number of nitrogens with one attached hydrogen (secondary N) is 1. The van der Waals surface area contributed by atoms with E-state index in [1.807, 2.05) is 6.92 Å². The molecule has 2 N–H and O–H groups in total. The van der Waals surface area contributed by atoms with Gasteiger partial charge in [-0.15, -0.1) is 0 Å². The van der Waals surface area contributed by atoms with E-state index in [-0.39, 0.29) is 0 Å². The minimum Gasteiger partial charge on any atom is -0.491 e. The predicted octanol–water partition coefficient (Wildman–Crippen LogP) is 3.92. The highest BCUT2D eigenvalue weighted by molar-refractivity contribution is 5.89. The summed E-state index contributed by atoms with van der Waals surface area (Å²) in [6, 6.07) is 5.03. The van der Waals surface area contributed by atoms with Crippen LogP contribution in [-0.4, -0.2) is 29.4 Å². The third-order valence-corrected chi connectivity index (χ3v) is 2.52. The van der Waals surface area contributed by atoms with Gasteiger partial charge in [-0.1, -0.05) is 13.0 Å². The van der Waals surface area contributed by atoms with Gasteiger partial charge >= 0.3 is 12.1 Å². The number of rotatable bonds is 6. The molecule has 0 saturated heterocycles. The highest BCUT2D eigenvalue weighted by Gasteiger charge is 2.17. The summed E-state index contributed by atoms with van der Waals surface area (Å²) in [6.07, 6.45) is 2.69. The lowest BCUT2D eigenvalue weighted by Gasteiger charge is -2.20. The van der Waals surface area contributed by atoms with Gasteiger partial charge in [0.15, 0.2) is 0 Å². The topological polar surface area (TPSA) is 84.9 Å². The average molecular weight is 321 g/mol. The number of benzene rings is 1. The molecule has 0 heterocycles. The first-order chi connectivity index (χ1) is 10.7. The van der Waals surface area contributed by atoms with Crippen LogP contribution in [0.4, 0.5) is 10.5 Å². The van der Waals surface area contributed by atoms with Gasteiger partial charge in [-0.2, -0.15) is 0 Å². The minimum atomic E-state index is -1.04. The van der Waals surface area contributed by atoms with Gasteiger partial charge in [-0.3, -0.25) is 5.32 Å². The first-order valence-electron chi connectivity index (χ1n) is 7.39. The van der Waals surface area contributed by atoms with Crippen molar-refractivity contribution in [3.8, 4) is 5.75 Å². The van der Waals surface area contributed by atoms with E-state index in [4.69, 9.17) is 14.6 Å². The number of carbonyl (C=O) groups excluding carboxylic acids is 1. The molecule has 0 saturated carbocycles. The molecule has 1 aromatic carbocycles. The van der Waals surface area contributed by atoms with E-state index in [0.717, 1.165) is 12.5 Å². The summed E-state index contributed by atoms with van der Waals surface area (Å²) in [5.74, 6) is -0.539. The van der Waals surface area contributed by atoms with Crippen LogP contribution in [-0.2, 0) is 9.53 Å². The number of hydrogen-bond donors (Lipinski definition) is 2. The van der Waals surface area contributed by atoms with Crippen LogP contribution in [0.1, 0.15) is 39.7 Å². The maximum Gasteiger partial charge on any atom is 0.412 e. The molecule has 0 radical (unpaired) electrons. The van der Waals surface area contributed by atoms with Gasteiger partial charge in [0, 0.05) is 6.08 Å². The Balaban J connectivity index is 3.00. The summed E-state index contributed by atoms with van der Waals surface area (Å²) in [5, 5.41) is 11.3. The lowest BCUT2D eigenvalue weighted by atomic mass is 10.1. The summed E-state index contributed by atoms with van der Waals surface area (Å²) < 4.78 is 10.8. The molecule has 1 amide bonds. The SMILES string of the molecule is CCCOc1ccc(/C=C\C(=O)O)cc1NC(=O)OC(C)(C)C. The Labute approximate surface area is 136 Å². The molecule has 6 nitrogen and oxygen atoms in total. The van der Waals surface area contributed by atoms with Crippen molar-refractivity contribution in [3.63, 3.8) is 0 Å². The summed E-state index contributed by atoms with van der Waals surface area (Å²) in [6.45, 7) is 7.80. The highest BCUT2D eigenvalue weighted by Crippen LogP contribution is 2.27. The largest absolute Gasteiger partial charge is 0.491 e. The number of amides is 1. The summed E-state index contributed by atoms with van der Waals surface area (Å²) in [5.41, 5.74) is 0.442. The Morgan fingerprint density at radius 2 is 2.00 bits per heavy atom. The molecule has 0 aliphatic heterocycles. The third-order valence-electron chi connectivity index (χ3n) is 2.52. The van der Waals surface area contributed by atoms with Crippen molar-refractivity contribution in [2.75, 3.05) is 11.9 Å². The summed E-state index contributed by atoms with van der Waals surface area (Å²) in [4.78, 5) is 22.5. The van der Waals surface area contributed by atoms with Crippen molar-refractivity contribution in [3.05, 3.63) is 29.8 Å². The van der Waals surface area contributed by atoms with Gasteiger partial charge < -0.3 is 14.6 Å². The molecule has 0 unspecified atom stereocenters. The molecular weight excluding hydrogens is 298 g/mol. The zero-order valence-electron chi connectivity index (χ0n) is 13.9. The monoisotopic (exact) mass is 321 g/mol. The molecule has 1 rings (SSSR count). The van der Waals surface area contributed by atoms with Crippen molar-refractivity contribution in [1.29, 1.82) is 0 Å². The van der Waals surface area contributed by atoms with Gasteiger partial charge in [0.05, 0.1) is 12.3 Å². The van der Waals surface area contributed by atoms with E-state index in [1.165, 1.54) is 6.08 Å². The molecule has 23 heavy (non-hydrogen) atoms. The van der Waals surface area contributed by atoms with Gasteiger partial charge in [-0.05, 0) is 51.0 Å². The smallest absolute Gasteiger partial charge is 0.412 e. The first-order valence-corrected chi connectivity index (χ1v) is 7.39. The zero-order valence-corrected chi connectivity index (χ0v) is 13.9. The van der Waals surface area contributed by atoms with Crippen LogP contribution in [0.5, 0.6) is 5.75 Å². The number of carbonyl (C=O) groups is 2. The second-order valence-corrected chi connectivity index (χ2v) is 5.90. The van der Waals surface area contributed by atoms with Crippen LogP contribution in [0, 0.1) is 0 Å². The quantitative estimate of drug-likeness (QED) is 0.776. The zero-order chi connectivity index (χ0) is 17.5. The van der Waals surface area contributed by atoms with E-state index >= 15 is 0 Å². The Hall–Kier alpha value is -2.50. The first kappa shape index (κ1) is 18.5. The van der Waals surface area contributed by atoms with Gasteiger partial charge in [0.1, 0.15) is 11.4 Å². The molecule has 0 aromatic heterocycles. The second kappa shape index (κ2) is 8.22. The maximum atomic E-state index is 11.9. The van der Waals surface area contributed by atoms with E-state index in [9.17, 15) is 9.59 Å². The van der Waals surface area contributed by atoms with E-state index in [0.29, 0.717) is 23.6 Å². The van der Waals surface area contributed by atoms with E-state index in [2.05, 4.69) is 5.32 Å². The molecule has 0 bridgehead atoms. The Morgan fingerprint density at radius 3 is 2.57 bits per heavy atom. The Morgan fingerprint density at radius 1 is 1.30 bits per heavy atom. The van der Waals surface area contributed by atoms with Gasteiger partial charge in [-0.25, -0.2) is 9.59 Å². The van der Waals surface area contributed by atoms with Crippen LogP contribution < -0.4 is 10.1 Å². The normalized spacial score (nSPS) is 11.3. The molecular formula is C17H23NO5. The van der Waals surface area contributed by atoms with Crippen molar-refractivity contribution < 1.29 is 24.2 Å².